The van der Waals surface area contributed by atoms with E-state index in [2.05, 4.69) is 143 Å². The largest absolute Gasteiger partial charge is 0.313 e. The van der Waals surface area contributed by atoms with Crippen LogP contribution in [0, 0.1) is 0 Å². The van der Waals surface area contributed by atoms with E-state index in [9.17, 15) is 0 Å². The second-order valence-electron chi connectivity index (χ2n) is 10.1. The Kier molecular flexibility index (Phi) is 4.68. The molecule has 5 aromatic carbocycles. The van der Waals surface area contributed by atoms with Crippen LogP contribution in [-0.2, 0) is 6.42 Å². The van der Waals surface area contributed by atoms with Gasteiger partial charge in [-0.05, 0) is 78.6 Å². The third kappa shape index (κ3) is 3.13. The summed E-state index contributed by atoms with van der Waals surface area (Å²) in [5.74, 6) is 0. The molecule has 0 unspecified atom stereocenters. The minimum absolute atomic E-state index is 1.02. The molecule has 2 aromatic heterocycles. The molecule has 0 saturated heterocycles. The van der Waals surface area contributed by atoms with Gasteiger partial charge in [-0.15, -0.1) is 0 Å². The Morgan fingerprint density at radius 2 is 1.03 bits per heavy atom. The van der Waals surface area contributed by atoms with Crippen LogP contribution in [0.15, 0.2) is 127 Å². The normalized spacial score (nSPS) is 13.2. The number of hydrogen-bond acceptors (Lipinski definition) is 0. The lowest BCUT2D eigenvalue weighted by atomic mass is 9.90. The van der Waals surface area contributed by atoms with Crippen LogP contribution in [0.4, 0.5) is 0 Å². The summed E-state index contributed by atoms with van der Waals surface area (Å²) in [6, 6.07) is 46.0. The highest BCUT2D eigenvalue weighted by atomic mass is 15.0. The molecule has 0 atom stereocenters. The number of aromatic nitrogens is 2. The van der Waals surface area contributed by atoms with E-state index in [0.29, 0.717) is 0 Å². The SMILES string of the molecule is C1=C(c2ccc3c(c2)c2ccccc2n3-c2ccccc2)CCc2c1c1ccccc1n2-c1ccccc1. The van der Waals surface area contributed by atoms with Crippen molar-refractivity contribution in [2.24, 2.45) is 0 Å². The van der Waals surface area contributed by atoms with Crippen molar-refractivity contribution >= 4 is 44.4 Å². The maximum atomic E-state index is 2.45. The fourth-order valence-electron chi connectivity index (χ4n) is 6.35. The first kappa shape index (κ1) is 21.3. The highest BCUT2D eigenvalue weighted by Crippen LogP contribution is 2.40. The van der Waals surface area contributed by atoms with Crippen molar-refractivity contribution < 1.29 is 0 Å². The number of rotatable bonds is 3. The number of hydrogen-bond donors (Lipinski definition) is 0. The van der Waals surface area contributed by atoms with E-state index in [-0.39, 0.29) is 0 Å². The molecule has 0 fully saturated rings. The first-order valence-corrected chi connectivity index (χ1v) is 13.3. The summed E-state index contributed by atoms with van der Waals surface area (Å²) >= 11 is 0. The lowest BCUT2D eigenvalue weighted by Gasteiger charge is -2.18. The summed E-state index contributed by atoms with van der Waals surface area (Å²) in [5, 5.41) is 3.93. The van der Waals surface area contributed by atoms with Crippen molar-refractivity contribution in [3.63, 3.8) is 0 Å². The zero-order chi connectivity index (χ0) is 25.1. The van der Waals surface area contributed by atoms with Crippen LogP contribution < -0.4 is 0 Å². The third-order valence-electron chi connectivity index (χ3n) is 8.04. The molecule has 7 aromatic rings. The van der Waals surface area contributed by atoms with Gasteiger partial charge in [-0.1, -0.05) is 78.9 Å². The molecule has 0 aliphatic heterocycles. The Hall–Kier alpha value is -4.82. The van der Waals surface area contributed by atoms with Gasteiger partial charge < -0.3 is 9.13 Å². The molecular formula is C36H26N2. The van der Waals surface area contributed by atoms with Crippen LogP contribution in [0.25, 0.3) is 55.7 Å². The average Bonchev–Trinajstić information content (AvgIpc) is 3.50. The van der Waals surface area contributed by atoms with Gasteiger partial charge in [0.25, 0.3) is 0 Å². The van der Waals surface area contributed by atoms with Crippen LogP contribution in [0.5, 0.6) is 0 Å². The van der Waals surface area contributed by atoms with Crippen molar-refractivity contribution in [2.45, 2.75) is 12.8 Å². The molecule has 2 heterocycles. The maximum Gasteiger partial charge on any atom is 0.0541 e. The lowest BCUT2D eigenvalue weighted by Crippen LogP contribution is -2.05. The maximum absolute atomic E-state index is 2.45. The monoisotopic (exact) mass is 486 g/mol. The van der Waals surface area contributed by atoms with Crippen molar-refractivity contribution in [3.8, 4) is 11.4 Å². The predicted molar refractivity (Wildman–Crippen MR) is 160 cm³/mol. The Labute approximate surface area is 221 Å². The van der Waals surface area contributed by atoms with E-state index in [1.54, 1.807) is 0 Å². The number of nitrogens with zero attached hydrogens (tertiary/aromatic N) is 2. The van der Waals surface area contributed by atoms with Crippen molar-refractivity contribution in [2.75, 3.05) is 0 Å². The van der Waals surface area contributed by atoms with Crippen LogP contribution in [0.3, 0.4) is 0 Å². The van der Waals surface area contributed by atoms with Gasteiger partial charge in [0.15, 0.2) is 0 Å². The van der Waals surface area contributed by atoms with Crippen molar-refractivity contribution in [1.82, 2.24) is 9.13 Å². The highest BCUT2D eigenvalue weighted by molar-refractivity contribution is 6.10. The molecule has 0 spiro atoms. The molecule has 0 saturated carbocycles. The third-order valence-corrected chi connectivity index (χ3v) is 8.04. The summed E-state index contributed by atoms with van der Waals surface area (Å²) in [6.07, 6.45) is 4.49. The van der Waals surface area contributed by atoms with E-state index < -0.39 is 0 Å². The Balaban J connectivity index is 1.33. The first-order chi connectivity index (χ1) is 18.9. The van der Waals surface area contributed by atoms with E-state index >= 15 is 0 Å². The van der Waals surface area contributed by atoms with Crippen LogP contribution >= 0.6 is 0 Å². The van der Waals surface area contributed by atoms with Crippen LogP contribution in [0.2, 0.25) is 0 Å². The van der Waals surface area contributed by atoms with E-state index in [0.717, 1.165) is 12.8 Å². The van der Waals surface area contributed by atoms with Gasteiger partial charge in [-0.2, -0.15) is 0 Å². The molecule has 0 bridgehead atoms. The van der Waals surface area contributed by atoms with Gasteiger partial charge in [-0.3, -0.25) is 0 Å². The van der Waals surface area contributed by atoms with Crippen LogP contribution in [-0.4, -0.2) is 9.13 Å². The smallest absolute Gasteiger partial charge is 0.0541 e. The fraction of sp³-hybridized carbons (Fsp3) is 0.0556. The molecule has 1 aliphatic rings. The molecule has 0 N–H and O–H groups in total. The molecular weight excluding hydrogens is 460 g/mol. The average molecular weight is 487 g/mol. The number of para-hydroxylation sites is 4. The predicted octanol–water partition coefficient (Wildman–Crippen LogP) is 9.21. The molecule has 180 valence electrons. The zero-order valence-corrected chi connectivity index (χ0v) is 21.0. The molecule has 2 nitrogen and oxygen atoms in total. The topological polar surface area (TPSA) is 9.86 Å². The van der Waals surface area contributed by atoms with Gasteiger partial charge in [0.05, 0.1) is 16.6 Å². The molecule has 0 amide bonds. The second-order valence-corrected chi connectivity index (χ2v) is 10.1. The number of fused-ring (bicyclic) bond motifs is 6. The Morgan fingerprint density at radius 1 is 0.447 bits per heavy atom. The van der Waals surface area contributed by atoms with Gasteiger partial charge in [-0.25, -0.2) is 0 Å². The van der Waals surface area contributed by atoms with Gasteiger partial charge in [0.2, 0.25) is 0 Å². The molecule has 0 radical (unpaired) electrons. The molecule has 2 heteroatoms. The van der Waals surface area contributed by atoms with Crippen molar-refractivity contribution in [1.29, 1.82) is 0 Å². The molecule has 38 heavy (non-hydrogen) atoms. The Bertz CT molecular complexity index is 2000. The lowest BCUT2D eigenvalue weighted by molar-refractivity contribution is 0.898. The minimum Gasteiger partial charge on any atom is -0.313 e. The summed E-state index contributed by atoms with van der Waals surface area (Å²) in [6.45, 7) is 0. The van der Waals surface area contributed by atoms with E-state index in [1.165, 1.54) is 66.5 Å². The number of benzene rings is 5. The standard InChI is InChI=1S/C36H26N2/c1-3-11-27(12-4-1)37-33-17-9-7-15-29(33)31-23-25(19-21-35(31)37)26-20-22-36-32(24-26)30-16-8-10-18-34(30)38(36)28-13-5-2-6-14-28/h1-19,21,23-24H,20,22H2. The second kappa shape index (κ2) is 8.36. The van der Waals surface area contributed by atoms with Gasteiger partial charge >= 0.3 is 0 Å². The number of allylic oxidation sites excluding steroid dienone is 1. The zero-order valence-electron chi connectivity index (χ0n) is 21.0. The van der Waals surface area contributed by atoms with Gasteiger partial charge in [0.1, 0.15) is 0 Å². The first-order valence-electron chi connectivity index (χ1n) is 13.3. The fourth-order valence-corrected chi connectivity index (χ4v) is 6.35. The minimum atomic E-state index is 1.02. The van der Waals surface area contributed by atoms with Gasteiger partial charge in [0, 0.05) is 38.8 Å². The van der Waals surface area contributed by atoms with Crippen LogP contribution in [0.1, 0.15) is 23.2 Å². The van der Waals surface area contributed by atoms with Crippen molar-refractivity contribution in [3.05, 3.63) is 144 Å². The molecule has 8 rings (SSSR count). The molecule has 1 aliphatic carbocycles. The van der Waals surface area contributed by atoms with E-state index in [1.807, 2.05) is 0 Å². The summed E-state index contributed by atoms with van der Waals surface area (Å²) < 4.78 is 4.84. The summed E-state index contributed by atoms with van der Waals surface area (Å²) in [4.78, 5) is 0. The quantitative estimate of drug-likeness (QED) is 0.236. The Morgan fingerprint density at radius 3 is 1.76 bits per heavy atom. The highest BCUT2D eigenvalue weighted by Gasteiger charge is 2.22. The summed E-state index contributed by atoms with van der Waals surface area (Å²) in [5.41, 5.74) is 11.7. The summed E-state index contributed by atoms with van der Waals surface area (Å²) in [7, 11) is 0. The van der Waals surface area contributed by atoms with E-state index in [4.69, 9.17) is 0 Å².